The SMILES string of the molecule is C=CCN(C(=O)OC(C)(C)C)C1=N[C@@H]2[C@@H](O)[C@H](O)[C@@H](CC)O[C@@H]2S1. The van der Waals surface area contributed by atoms with E-state index in [1.54, 1.807) is 26.8 Å². The number of aliphatic hydroxyl groups is 2. The van der Waals surface area contributed by atoms with Gasteiger partial charge in [-0.15, -0.1) is 6.58 Å². The van der Waals surface area contributed by atoms with Crippen LogP contribution in [0.2, 0.25) is 0 Å². The van der Waals surface area contributed by atoms with E-state index in [1.165, 1.54) is 16.7 Å². The Morgan fingerprint density at radius 2 is 2.12 bits per heavy atom. The summed E-state index contributed by atoms with van der Waals surface area (Å²) in [5.41, 5.74) is -1.06. The van der Waals surface area contributed by atoms with E-state index < -0.39 is 41.5 Å². The van der Waals surface area contributed by atoms with Crippen LogP contribution in [0.4, 0.5) is 4.79 Å². The number of aliphatic imine (C=N–C) groups is 1. The van der Waals surface area contributed by atoms with Gasteiger partial charge in [0.25, 0.3) is 0 Å². The van der Waals surface area contributed by atoms with Gasteiger partial charge in [0.1, 0.15) is 29.3 Å². The second-order valence-electron chi connectivity index (χ2n) is 6.83. The first-order valence-corrected chi connectivity index (χ1v) is 8.93. The molecule has 0 aromatic carbocycles. The van der Waals surface area contributed by atoms with E-state index in [0.29, 0.717) is 11.6 Å². The minimum atomic E-state index is -1.03. The zero-order valence-corrected chi connectivity index (χ0v) is 15.3. The van der Waals surface area contributed by atoms with Crippen LogP contribution in [0.25, 0.3) is 0 Å². The summed E-state index contributed by atoms with van der Waals surface area (Å²) in [5, 5.41) is 20.8. The Labute approximate surface area is 146 Å². The molecular formula is C16H26N2O5S. The second-order valence-corrected chi connectivity index (χ2v) is 7.90. The van der Waals surface area contributed by atoms with Crippen LogP contribution in [0.5, 0.6) is 0 Å². The van der Waals surface area contributed by atoms with Gasteiger partial charge in [-0.25, -0.2) is 4.79 Å². The maximum absolute atomic E-state index is 12.4. The maximum Gasteiger partial charge on any atom is 0.416 e. The zero-order valence-electron chi connectivity index (χ0n) is 14.5. The number of rotatable bonds is 3. The molecule has 24 heavy (non-hydrogen) atoms. The molecule has 1 saturated heterocycles. The Morgan fingerprint density at radius 1 is 1.46 bits per heavy atom. The Bertz CT molecular complexity index is 519. The van der Waals surface area contributed by atoms with E-state index in [9.17, 15) is 15.0 Å². The number of amidine groups is 1. The number of aliphatic hydroxyl groups excluding tert-OH is 2. The fraction of sp³-hybridized carbons (Fsp3) is 0.750. The maximum atomic E-state index is 12.4. The minimum absolute atomic E-state index is 0.232. The molecule has 2 rings (SSSR count). The molecule has 0 spiro atoms. The first-order chi connectivity index (χ1) is 11.2. The van der Waals surface area contributed by atoms with E-state index in [2.05, 4.69) is 11.6 Å². The van der Waals surface area contributed by atoms with Crippen LogP contribution in [0.1, 0.15) is 34.1 Å². The van der Waals surface area contributed by atoms with E-state index in [1.807, 2.05) is 6.92 Å². The van der Waals surface area contributed by atoms with Gasteiger partial charge < -0.3 is 19.7 Å². The van der Waals surface area contributed by atoms with E-state index in [4.69, 9.17) is 9.47 Å². The molecule has 136 valence electrons. The van der Waals surface area contributed by atoms with Crippen LogP contribution >= 0.6 is 11.8 Å². The number of ether oxygens (including phenoxy) is 2. The number of hydrogen-bond acceptors (Lipinski definition) is 7. The van der Waals surface area contributed by atoms with E-state index >= 15 is 0 Å². The molecule has 2 heterocycles. The van der Waals surface area contributed by atoms with Crippen molar-refractivity contribution in [2.75, 3.05) is 6.54 Å². The molecule has 8 heteroatoms. The largest absolute Gasteiger partial charge is 0.443 e. The topological polar surface area (TPSA) is 91.6 Å². The lowest BCUT2D eigenvalue weighted by atomic mass is 9.97. The van der Waals surface area contributed by atoms with Crippen molar-refractivity contribution in [1.29, 1.82) is 0 Å². The predicted molar refractivity (Wildman–Crippen MR) is 92.9 cm³/mol. The monoisotopic (exact) mass is 358 g/mol. The van der Waals surface area contributed by atoms with Crippen LogP contribution in [-0.4, -0.2) is 68.3 Å². The molecule has 0 aromatic rings. The zero-order chi connectivity index (χ0) is 18.1. The fourth-order valence-electron chi connectivity index (χ4n) is 2.56. The first-order valence-electron chi connectivity index (χ1n) is 8.05. The summed E-state index contributed by atoms with van der Waals surface area (Å²) in [4.78, 5) is 18.2. The van der Waals surface area contributed by atoms with Crippen LogP contribution < -0.4 is 0 Å². The number of thioether (sulfide) groups is 1. The van der Waals surface area contributed by atoms with Gasteiger partial charge in [-0.1, -0.05) is 24.8 Å². The van der Waals surface area contributed by atoms with Gasteiger partial charge in [-0.05, 0) is 27.2 Å². The van der Waals surface area contributed by atoms with Crippen molar-refractivity contribution in [1.82, 2.24) is 4.90 Å². The average Bonchev–Trinajstić information content (AvgIpc) is 2.90. The smallest absolute Gasteiger partial charge is 0.416 e. The normalized spacial score (nSPS) is 32.8. The molecule has 0 saturated carbocycles. The lowest BCUT2D eigenvalue weighted by Crippen LogP contribution is -2.54. The summed E-state index contributed by atoms with van der Waals surface area (Å²) >= 11 is 1.26. The summed E-state index contributed by atoms with van der Waals surface area (Å²) < 4.78 is 11.2. The number of carbonyl (C=O) groups excluding carboxylic acids is 1. The molecule has 5 atom stereocenters. The van der Waals surface area contributed by atoms with Gasteiger partial charge >= 0.3 is 6.09 Å². The standard InChI is InChI=1S/C16H26N2O5S/c1-6-8-18(15(21)23-16(3,4)5)14-17-10-12(20)11(19)9(7-2)22-13(10)24-14/h6,9-13,19-20H,1,7-8H2,2-5H3/t9-,10-,11-,12-,13-/m1/s1. The molecule has 2 N–H and O–H groups in total. The molecule has 1 amide bonds. The number of carbonyl (C=O) groups is 1. The highest BCUT2D eigenvalue weighted by molar-refractivity contribution is 8.14. The van der Waals surface area contributed by atoms with Gasteiger partial charge in [0.05, 0.1) is 6.10 Å². The van der Waals surface area contributed by atoms with Crippen LogP contribution in [0, 0.1) is 0 Å². The van der Waals surface area contributed by atoms with Crippen molar-refractivity contribution in [3.8, 4) is 0 Å². The highest BCUT2D eigenvalue weighted by atomic mass is 32.2. The Morgan fingerprint density at radius 3 is 2.67 bits per heavy atom. The van der Waals surface area contributed by atoms with Gasteiger partial charge in [0, 0.05) is 6.54 Å². The summed E-state index contributed by atoms with van der Waals surface area (Å²) in [6.07, 6.45) is -0.834. The lowest BCUT2D eigenvalue weighted by Gasteiger charge is -2.37. The fourth-order valence-corrected chi connectivity index (χ4v) is 3.79. The van der Waals surface area contributed by atoms with Gasteiger partial charge in [-0.3, -0.25) is 9.89 Å². The first kappa shape index (κ1) is 19.2. The third kappa shape index (κ3) is 4.11. The Kier molecular flexibility index (Phi) is 5.95. The molecular weight excluding hydrogens is 332 g/mol. The summed E-state index contributed by atoms with van der Waals surface area (Å²) in [5.74, 6) is 0. The molecule has 2 aliphatic rings. The second kappa shape index (κ2) is 7.43. The van der Waals surface area contributed by atoms with Crippen molar-refractivity contribution >= 4 is 23.0 Å². The quantitative estimate of drug-likeness (QED) is 0.747. The third-order valence-corrected chi connectivity index (χ3v) is 4.87. The minimum Gasteiger partial charge on any atom is -0.443 e. The number of hydrogen-bond donors (Lipinski definition) is 2. The molecule has 7 nitrogen and oxygen atoms in total. The molecule has 0 aliphatic carbocycles. The molecule has 0 unspecified atom stereocenters. The van der Waals surface area contributed by atoms with Crippen LogP contribution in [-0.2, 0) is 9.47 Å². The van der Waals surface area contributed by atoms with E-state index in [0.717, 1.165) is 0 Å². The average molecular weight is 358 g/mol. The van der Waals surface area contributed by atoms with Gasteiger partial charge in [0.15, 0.2) is 5.17 Å². The molecule has 0 radical (unpaired) electrons. The molecule has 0 bridgehead atoms. The van der Waals surface area contributed by atoms with Crippen molar-refractivity contribution in [2.24, 2.45) is 4.99 Å². The van der Waals surface area contributed by atoms with Crippen molar-refractivity contribution in [2.45, 2.75) is 69.5 Å². The Hall–Kier alpha value is -1.09. The molecule has 2 aliphatic heterocycles. The highest BCUT2D eigenvalue weighted by Crippen LogP contribution is 2.38. The summed E-state index contributed by atoms with van der Waals surface area (Å²) in [6, 6.07) is -0.613. The van der Waals surface area contributed by atoms with Crippen molar-refractivity contribution in [3.63, 3.8) is 0 Å². The van der Waals surface area contributed by atoms with Gasteiger partial charge in [0.2, 0.25) is 0 Å². The van der Waals surface area contributed by atoms with Crippen molar-refractivity contribution in [3.05, 3.63) is 12.7 Å². The Balaban J connectivity index is 2.18. The number of amides is 1. The van der Waals surface area contributed by atoms with E-state index in [-0.39, 0.29) is 6.54 Å². The number of fused-ring (bicyclic) bond motifs is 1. The molecule has 0 aromatic heterocycles. The van der Waals surface area contributed by atoms with Crippen LogP contribution in [0.15, 0.2) is 17.6 Å². The predicted octanol–water partition coefficient (Wildman–Crippen LogP) is 1.74. The number of nitrogens with zero attached hydrogens (tertiary/aromatic N) is 2. The summed E-state index contributed by atoms with van der Waals surface area (Å²) in [6.45, 7) is 11.1. The third-order valence-electron chi connectivity index (χ3n) is 3.71. The van der Waals surface area contributed by atoms with Crippen LogP contribution in [0.3, 0.4) is 0 Å². The summed E-state index contributed by atoms with van der Waals surface area (Å²) in [7, 11) is 0. The lowest BCUT2D eigenvalue weighted by molar-refractivity contribution is -0.153. The van der Waals surface area contributed by atoms with Crippen molar-refractivity contribution < 1.29 is 24.5 Å². The molecule has 1 fully saturated rings. The van der Waals surface area contributed by atoms with Gasteiger partial charge in [-0.2, -0.15) is 0 Å². The highest BCUT2D eigenvalue weighted by Gasteiger charge is 2.49.